The van der Waals surface area contributed by atoms with Crippen molar-refractivity contribution in [2.45, 2.75) is 19.4 Å². The fourth-order valence-electron chi connectivity index (χ4n) is 2.99. The molecule has 1 aromatic carbocycles. The van der Waals surface area contributed by atoms with Gasteiger partial charge in [0.2, 0.25) is 5.71 Å². The van der Waals surface area contributed by atoms with Gasteiger partial charge in [-0.3, -0.25) is 9.59 Å². The van der Waals surface area contributed by atoms with Crippen LogP contribution in [0, 0.1) is 6.92 Å². The van der Waals surface area contributed by atoms with Gasteiger partial charge in [0.05, 0.1) is 18.4 Å². The third kappa shape index (κ3) is 2.34. The first-order chi connectivity index (χ1) is 11.6. The van der Waals surface area contributed by atoms with E-state index in [1.165, 1.54) is 6.33 Å². The van der Waals surface area contributed by atoms with Crippen LogP contribution in [-0.4, -0.2) is 28.5 Å². The summed E-state index contributed by atoms with van der Waals surface area (Å²) < 4.78 is 11.2. The second kappa shape index (κ2) is 5.52. The number of hydrogen-bond donors (Lipinski definition) is 2. The summed E-state index contributed by atoms with van der Waals surface area (Å²) in [5.41, 5.74) is 1.11. The maximum Gasteiger partial charge on any atom is 0.262 e. The van der Waals surface area contributed by atoms with Crippen LogP contribution in [0.5, 0.6) is 5.75 Å². The van der Waals surface area contributed by atoms with E-state index >= 15 is 0 Å². The number of aromatic amines is 1. The maximum atomic E-state index is 12.5. The zero-order valence-corrected chi connectivity index (χ0v) is 13.0. The number of para-hydroxylation sites is 1. The van der Waals surface area contributed by atoms with Gasteiger partial charge in [-0.2, -0.15) is 0 Å². The van der Waals surface area contributed by atoms with E-state index in [9.17, 15) is 9.59 Å². The lowest BCUT2D eigenvalue weighted by Crippen LogP contribution is -2.35. The lowest BCUT2D eigenvalue weighted by atomic mass is 10.1. The van der Waals surface area contributed by atoms with Crippen molar-refractivity contribution < 1.29 is 13.9 Å². The molecule has 3 aromatic rings. The van der Waals surface area contributed by atoms with Crippen LogP contribution < -0.4 is 15.6 Å². The molecular formula is C17H15N3O4. The molecule has 0 unspecified atom stereocenters. The number of benzene rings is 1. The number of nitrogens with zero attached hydrogens (tertiary/aromatic N) is 1. The van der Waals surface area contributed by atoms with Crippen molar-refractivity contribution in [3.05, 3.63) is 57.8 Å². The van der Waals surface area contributed by atoms with Crippen LogP contribution in [0.1, 0.15) is 21.7 Å². The molecule has 0 saturated carbocycles. The third-order valence-corrected chi connectivity index (χ3v) is 4.10. The smallest absolute Gasteiger partial charge is 0.262 e. The first-order valence-corrected chi connectivity index (χ1v) is 7.63. The molecule has 0 spiro atoms. The van der Waals surface area contributed by atoms with Gasteiger partial charge in [0, 0.05) is 6.42 Å². The van der Waals surface area contributed by atoms with Gasteiger partial charge in [-0.1, -0.05) is 18.2 Å². The van der Waals surface area contributed by atoms with Gasteiger partial charge in [-0.05, 0) is 18.6 Å². The molecule has 1 aliphatic rings. The number of aryl methyl sites for hydroxylation is 1. The van der Waals surface area contributed by atoms with E-state index in [0.29, 0.717) is 12.3 Å². The van der Waals surface area contributed by atoms with Crippen molar-refractivity contribution >= 4 is 17.0 Å². The number of carbonyl (C=O) groups is 1. The molecule has 3 heterocycles. The number of rotatable bonds is 3. The summed E-state index contributed by atoms with van der Waals surface area (Å²) >= 11 is 0. The summed E-state index contributed by atoms with van der Waals surface area (Å²) in [6.45, 7) is 1.98. The largest absolute Gasteiger partial charge is 0.488 e. The highest BCUT2D eigenvalue weighted by Crippen LogP contribution is 2.28. The molecule has 0 aliphatic carbocycles. The van der Waals surface area contributed by atoms with Gasteiger partial charge in [-0.15, -0.1) is 0 Å². The van der Waals surface area contributed by atoms with Crippen molar-refractivity contribution in [3.63, 3.8) is 0 Å². The predicted molar refractivity (Wildman–Crippen MR) is 86.3 cm³/mol. The first-order valence-electron chi connectivity index (χ1n) is 7.63. The number of nitrogens with one attached hydrogen (secondary N) is 2. The molecule has 1 aliphatic heterocycles. The quantitative estimate of drug-likeness (QED) is 0.761. The molecule has 0 bridgehead atoms. The van der Waals surface area contributed by atoms with E-state index in [2.05, 4.69) is 15.3 Å². The molecular weight excluding hydrogens is 310 g/mol. The summed E-state index contributed by atoms with van der Waals surface area (Å²) in [6, 6.07) is 7.80. The molecule has 7 heteroatoms. The van der Waals surface area contributed by atoms with E-state index in [0.717, 1.165) is 17.7 Å². The fraction of sp³-hybridized carbons (Fsp3) is 0.235. The van der Waals surface area contributed by atoms with Crippen LogP contribution in [-0.2, 0) is 6.42 Å². The Morgan fingerprint density at radius 2 is 2.25 bits per heavy atom. The minimum absolute atomic E-state index is 0.124. The minimum atomic E-state index is -0.397. The molecule has 1 amide bonds. The minimum Gasteiger partial charge on any atom is -0.488 e. The molecule has 1 atom stereocenters. The molecule has 0 fully saturated rings. The SMILES string of the molecule is Cc1oc2nc[nH]c(=O)c2c1C(=O)NC[C@@H]1Cc2ccccc2O1. The van der Waals surface area contributed by atoms with Crippen molar-refractivity contribution in [3.8, 4) is 5.75 Å². The second-order valence-corrected chi connectivity index (χ2v) is 5.71. The third-order valence-electron chi connectivity index (χ3n) is 4.10. The molecule has 0 saturated heterocycles. The van der Waals surface area contributed by atoms with Crippen LogP contribution in [0.15, 0.2) is 39.8 Å². The van der Waals surface area contributed by atoms with E-state index in [1.807, 2.05) is 24.3 Å². The number of ether oxygens (including phenoxy) is 1. The summed E-state index contributed by atoms with van der Waals surface area (Å²) in [5, 5.41) is 2.99. The maximum absolute atomic E-state index is 12.5. The normalized spacial score (nSPS) is 16.0. The Hall–Kier alpha value is -3.09. The van der Waals surface area contributed by atoms with Crippen LogP contribution in [0.4, 0.5) is 0 Å². The number of amides is 1. The lowest BCUT2D eigenvalue weighted by Gasteiger charge is -2.11. The molecule has 2 N–H and O–H groups in total. The van der Waals surface area contributed by atoms with E-state index in [1.54, 1.807) is 6.92 Å². The predicted octanol–water partition coefficient (Wildman–Crippen LogP) is 1.56. The van der Waals surface area contributed by atoms with Gasteiger partial charge in [0.25, 0.3) is 11.5 Å². The topological polar surface area (TPSA) is 97.2 Å². The molecule has 0 radical (unpaired) electrons. The van der Waals surface area contributed by atoms with E-state index in [-0.39, 0.29) is 28.7 Å². The Kier molecular flexibility index (Phi) is 3.34. The Balaban J connectivity index is 1.52. The van der Waals surface area contributed by atoms with Gasteiger partial charge in [0.1, 0.15) is 23.0 Å². The number of carbonyl (C=O) groups excluding carboxylic acids is 1. The van der Waals surface area contributed by atoms with Crippen LogP contribution >= 0.6 is 0 Å². The monoisotopic (exact) mass is 325 g/mol. The van der Waals surface area contributed by atoms with Crippen LogP contribution in [0.25, 0.3) is 11.1 Å². The van der Waals surface area contributed by atoms with Crippen molar-refractivity contribution in [1.29, 1.82) is 0 Å². The Labute approximate surface area is 136 Å². The fourth-order valence-corrected chi connectivity index (χ4v) is 2.99. The number of hydrogen-bond acceptors (Lipinski definition) is 5. The summed E-state index contributed by atoms with van der Waals surface area (Å²) in [6.07, 6.45) is 1.86. The average molecular weight is 325 g/mol. The van der Waals surface area contributed by atoms with Crippen molar-refractivity contribution in [2.75, 3.05) is 6.54 Å². The zero-order valence-electron chi connectivity index (χ0n) is 13.0. The van der Waals surface area contributed by atoms with E-state index < -0.39 is 5.56 Å². The van der Waals surface area contributed by atoms with Crippen molar-refractivity contribution in [2.24, 2.45) is 0 Å². The first kappa shape index (κ1) is 14.5. The Morgan fingerprint density at radius 1 is 1.42 bits per heavy atom. The number of H-pyrrole nitrogens is 1. The number of fused-ring (bicyclic) bond motifs is 2. The highest BCUT2D eigenvalue weighted by atomic mass is 16.5. The Morgan fingerprint density at radius 3 is 3.08 bits per heavy atom. The van der Waals surface area contributed by atoms with Crippen LogP contribution in [0.2, 0.25) is 0 Å². The van der Waals surface area contributed by atoms with E-state index in [4.69, 9.17) is 9.15 Å². The standard InChI is InChI=1S/C17H15N3O4/c1-9-13(14-16(22)19-8-20-17(14)23-9)15(21)18-7-11-6-10-4-2-3-5-12(10)24-11/h2-5,8,11H,6-7H2,1H3,(H,18,21)(H,19,20,22)/t11-/m0/s1. The molecule has 4 rings (SSSR count). The van der Waals surface area contributed by atoms with Gasteiger partial charge >= 0.3 is 0 Å². The van der Waals surface area contributed by atoms with Crippen LogP contribution in [0.3, 0.4) is 0 Å². The highest BCUT2D eigenvalue weighted by molar-refractivity contribution is 6.06. The molecule has 24 heavy (non-hydrogen) atoms. The second-order valence-electron chi connectivity index (χ2n) is 5.71. The average Bonchev–Trinajstić information content (AvgIpc) is 3.13. The van der Waals surface area contributed by atoms with Gasteiger partial charge < -0.3 is 19.5 Å². The zero-order chi connectivity index (χ0) is 16.7. The number of furan rings is 1. The summed E-state index contributed by atoms with van der Waals surface area (Å²) in [5.74, 6) is 0.842. The van der Waals surface area contributed by atoms with Gasteiger partial charge in [0.15, 0.2) is 0 Å². The Bertz CT molecular complexity index is 964. The summed E-state index contributed by atoms with van der Waals surface area (Å²) in [4.78, 5) is 30.9. The van der Waals surface area contributed by atoms with Gasteiger partial charge in [-0.25, -0.2) is 4.98 Å². The summed E-state index contributed by atoms with van der Waals surface area (Å²) in [7, 11) is 0. The number of aromatic nitrogens is 2. The molecule has 7 nitrogen and oxygen atoms in total. The van der Waals surface area contributed by atoms with Crippen molar-refractivity contribution in [1.82, 2.24) is 15.3 Å². The molecule has 2 aromatic heterocycles. The molecule has 122 valence electrons. The highest BCUT2D eigenvalue weighted by Gasteiger charge is 2.25. The lowest BCUT2D eigenvalue weighted by molar-refractivity contribution is 0.0933.